The first-order chi connectivity index (χ1) is 13.6. The molecule has 0 spiro atoms. The number of nitrogens with zero attached hydrogens (tertiary/aromatic N) is 2. The SMILES string of the molecule is CCOc1cc(CCCNC(=NC)NCCc2c(C)noc2C)ccc1OC. The lowest BCUT2D eigenvalue weighted by molar-refractivity contribution is 0.310. The van der Waals surface area contributed by atoms with Crippen molar-refractivity contribution >= 4 is 5.96 Å². The van der Waals surface area contributed by atoms with E-state index in [-0.39, 0.29) is 0 Å². The lowest BCUT2D eigenvalue weighted by Crippen LogP contribution is -2.38. The Morgan fingerprint density at radius 2 is 1.93 bits per heavy atom. The maximum Gasteiger partial charge on any atom is 0.190 e. The van der Waals surface area contributed by atoms with Crippen molar-refractivity contribution < 1.29 is 14.0 Å². The van der Waals surface area contributed by atoms with Crippen LogP contribution in [0.15, 0.2) is 27.7 Å². The van der Waals surface area contributed by atoms with Gasteiger partial charge in [0.15, 0.2) is 17.5 Å². The number of hydrogen-bond acceptors (Lipinski definition) is 5. The average molecular weight is 389 g/mol. The highest BCUT2D eigenvalue weighted by Crippen LogP contribution is 2.28. The van der Waals surface area contributed by atoms with E-state index in [1.165, 1.54) is 5.56 Å². The highest BCUT2D eigenvalue weighted by Gasteiger charge is 2.09. The lowest BCUT2D eigenvalue weighted by atomic mass is 10.1. The molecule has 0 saturated heterocycles. The normalized spacial score (nSPS) is 11.4. The van der Waals surface area contributed by atoms with Crippen molar-refractivity contribution in [3.8, 4) is 11.5 Å². The van der Waals surface area contributed by atoms with Crippen LogP contribution in [0.3, 0.4) is 0 Å². The first kappa shape index (κ1) is 21.6. The van der Waals surface area contributed by atoms with Crippen LogP contribution in [-0.4, -0.2) is 45.0 Å². The van der Waals surface area contributed by atoms with E-state index in [0.717, 1.165) is 66.8 Å². The first-order valence-electron chi connectivity index (χ1n) is 9.75. The highest BCUT2D eigenvalue weighted by molar-refractivity contribution is 5.79. The van der Waals surface area contributed by atoms with E-state index in [1.54, 1.807) is 14.2 Å². The number of guanidine groups is 1. The molecule has 0 radical (unpaired) electrons. The van der Waals surface area contributed by atoms with Crippen LogP contribution < -0.4 is 20.1 Å². The minimum Gasteiger partial charge on any atom is -0.493 e. The fourth-order valence-electron chi connectivity index (χ4n) is 3.03. The predicted molar refractivity (Wildman–Crippen MR) is 112 cm³/mol. The molecule has 1 aromatic carbocycles. The number of aromatic nitrogens is 1. The van der Waals surface area contributed by atoms with Gasteiger partial charge in [-0.1, -0.05) is 11.2 Å². The average Bonchev–Trinajstić information content (AvgIpc) is 3.02. The van der Waals surface area contributed by atoms with E-state index in [4.69, 9.17) is 14.0 Å². The van der Waals surface area contributed by atoms with Gasteiger partial charge < -0.3 is 24.6 Å². The number of aliphatic imine (C=N–C) groups is 1. The van der Waals surface area contributed by atoms with Gasteiger partial charge in [0.1, 0.15) is 5.76 Å². The standard InChI is InChI=1S/C21H32N4O3/c1-6-27-20-14-17(9-10-19(20)26-5)8-7-12-23-21(22-4)24-13-11-18-15(2)25-28-16(18)3/h9-10,14H,6-8,11-13H2,1-5H3,(H2,22,23,24). The van der Waals surface area contributed by atoms with Gasteiger partial charge in [0.05, 0.1) is 19.4 Å². The van der Waals surface area contributed by atoms with Gasteiger partial charge in [0.2, 0.25) is 0 Å². The number of ether oxygens (including phenoxy) is 2. The second-order valence-electron chi connectivity index (χ2n) is 6.50. The molecule has 0 bridgehead atoms. The quantitative estimate of drug-likeness (QED) is 0.370. The molecule has 154 valence electrons. The summed E-state index contributed by atoms with van der Waals surface area (Å²) in [4.78, 5) is 4.28. The molecule has 0 saturated carbocycles. The van der Waals surface area contributed by atoms with Gasteiger partial charge in [-0.2, -0.15) is 0 Å². The summed E-state index contributed by atoms with van der Waals surface area (Å²) in [5.74, 6) is 3.25. The fraction of sp³-hybridized carbons (Fsp3) is 0.524. The minimum atomic E-state index is 0.622. The van der Waals surface area contributed by atoms with Crippen LogP contribution in [0.4, 0.5) is 0 Å². The van der Waals surface area contributed by atoms with Crippen molar-refractivity contribution in [2.24, 2.45) is 4.99 Å². The molecule has 1 heterocycles. The number of hydrogen-bond donors (Lipinski definition) is 2. The van der Waals surface area contributed by atoms with Crippen LogP contribution in [0.25, 0.3) is 0 Å². The van der Waals surface area contributed by atoms with Crippen molar-refractivity contribution in [3.63, 3.8) is 0 Å². The fourth-order valence-corrected chi connectivity index (χ4v) is 3.03. The number of methoxy groups -OCH3 is 1. The largest absolute Gasteiger partial charge is 0.493 e. The minimum absolute atomic E-state index is 0.622. The summed E-state index contributed by atoms with van der Waals surface area (Å²) in [6.45, 7) is 8.12. The van der Waals surface area contributed by atoms with Crippen molar-refractivity contribution in [2.45, 2.75) is 40.0 Å². The molecule has 7 nitrogen and oxygen atoms in total. The maximum atomic E-state index is 5.64. The lowest BCUT2D eigenvalue weighted by Gasteiger charge is -2.13. The van der Waals surface area contributed by atoms with Crippen LogP contribution in [0.5, 0.6) is 11.5 Å². The van der Waals surface area contributed by atoms with Crippen molar-refractivity contribution in [1.29, 1.82) is 0 Å². The summed E-state index contributed by atoms with van der Waals surface area (Å²) in [5, 5.41) is 10.7. The van der Waals surface area contributed by atoms with Crippen LogP contribution in [0.1, 0.15) is 35.9 Å². The Morgan fingerprint density at radius 3 is 2.57 bits per heavy atom. The molecule has 2 N–H and O–H groups in total. The Morgan fingerprint density at radius 1 is 1.14 bits per heavy atom. The summed E-state index contributed by atoms with van der Waals surface area (Å²) in [6, 6.07) is 6.10. The molecule has 28 heavy (non-hydrogen) atoms. The number of benzene rings is 1. The molecule has 0 amide bonds. The van der Waals surface area contributed by atoms with Crippen LogP contribution >= 0.6 is 0 Å². The van der Waals surface area contributed by atoms with Gasteiger partial charge in [-0.25, -0.2) is 0 Å². The van der Waals surface area contributed by atoms with Gasteiger partial charge in [-0.3, -0.25) is 4.99 Å². The smallest absolute Gasteiger partial charge is 0.190 e. The van der Waals surface area contributed by atoms with E-state index >= 15 is 0 Å². The topological polar surface area (TPSA) is 80.9 Å². The van der Waals surface area contributed by atoms with Crippen LogP contribution in [0, 0.1) is 13.8 Å². The molecular formula is C21H32N4O3. The molecule has 2 aromatic rings. The molecule has 0 unspecified atom stereocenters. The van der Waals surface area contributed by atoms with Gasteiger partial charge in [-0.15, -0.1) is 0 Å². The number of rotatable bonds is 10. The molecule has 7 heteroatoms. The van der Waals surface area contributed by atoms with Crippen molar-refractivity contribution in [2.75, 3.05) is 33.9 Å². The zero-order valence-electron chi connectivity index (χ0n) is 17.6. The molecular weight excluding hydrogens is 356 g/mol. The monoisotopic (exact) mass is 388 g/mol. The van der Waals surface area contributed by atoms with Gasteiger partial charge in [0.25, 0.3) is 0 Å². The van der Waals surface area contributed by atoms with Gasteiger partial charge in [0, 0.05) is 25.7 Å². The van der Waals surface area contributed by atoms with Gasteiger partial charge in [-0.05, 0) is 57.7 Å². The van der Waals surface area contributed by atoms with Gasteiger partial charge >= 0.3 is 0 Å². The Balaban J connectivity index is 1.73. The van der Waals surface area contributed by atoms with E-state index < -0.39 is 0 Å². The Hall–Kier alpha value is -2.70. The van der Waals surface area contributed by atoms with E-state index in [0.29, 0.717) is 6.61 Å². The number of aryl methyl sites for hydroxylation is 3. The van der Waals surface area contributed by atoms with E-state index in [9.17, 15) is 0 Å². The summed E-state index contributed by atoms with van der Waals surface area (Å²) in [7, 11) is 3.44. The van der Waals surface area contributed by atoms with Crippen LogP contribution in [0.2, 0.25) is 0 Å². The Kier molecular flexibility index (Phi) is 8.65. The molecule has 0 aliphatic heterocycles. The summed E-state index contributed by atoms with van der Waals surface area (Å²) >= 11 is 0. The third kappa shape index (κ3) is 6.18. The molecule has 0 atom stereocenters. The second-order valence-corrected chi connectivity index (χ2v) is 6.50. The zero-order valence-corrected chi connectivity index (χ0v) is 17.6. The van der Waals surface area contributed by atoms with E-state index in [1.807, 2.05) is 26.8 Å². The van der Waals surface area contributed by atoms with E-state index in [2.05, 4.69) is 32.9 Å². The second kappa shape index (κ2) is 11.2. The van der Waals surface area contributed by atoms with Crippen LogP contribution in [-0.2, 0) is 12.8 Å². The molecule has 1 aromatic heterocycles. The summed E-state index contributed by atoms with van der Waals surface area (Å²) in [5.41, 5.74) is 3.34. The third-order valence-corrected chi connectivity index (χ3v) is 4.53. The Labute approximate surface area is 167 Å². The highest BCUT2D eigenvalue weighted by atomic mass is 16.5. The first-order valence-corrected chi connectivity index (χ1v) is 9.75. The third-order valence-electron chi connectivity index (χ3n) is 4.53. The zero-order chi connectivity index (χ0) is 20.4. The van der Waals surface area contributed by atoms with Crippen molar-refractivity contribution in [3.05, 3.63) is 40.8 Å². The maximum absolute atomic E-state index is 5.64. The van der Waals surface area contributed by atoms with Crippen molar-refractivity contribution in [1.82, 2.24) is 15.8 Å². The molecule has 2 rings (SSSR count). The number of nitrogens with one attached hydrogen (secondary N) is 2. The summed E-state index contributed by atoms with van der Waals surface area (Å²) < 4.78 is 16.2. The predicted octanol–water partition coefficient (Wildman–Crippen LogP) is 3.04. The molecule has 0 aliphatic rings. The molecule has 0 fully saturated rings. The molecule has 0 aliphatic carbocycles. The Bertz CT molecular complexity index is 752. The summed E-state index contributed by atoms with van der Waals surface area (Å²) in [6.07, 6.45) is 2.80.